The zero-order valence-electron chi connectivity index (χ0n) is 16.1. The van der Waals surface area contributed by atoms with Crippen molar-refractivity contribution in [2.45, 2.75) is 39.8 Å². The Kier molecular flexibility index (Phi) is 5.92. The first-order valence-corrected chi connectivity index (χ1v) is 10.4. The number of carbonyl (C=O) groups is 1. The highest BCUT2D eigenvalue weighted by Gasteiger charge is 2.13. The van der Waals surface area contributed by atoms with E-state index < -0.39 is 0 Å². The lowest BCUT2D eigenvalue weighted by molar-refractivity contribution is -0.113. The molecule has 0 atom stereocenters. The number of aryl methyl sites for hydroxylation is 5. The molecule has 0 saturated carbocycles. The molecule has 0 unspecified atom stereocenters. The van der Waals surface area contributed by atoms with Gasteiger partial charge >= 0.3 is 0 Å². The van der Waals surface area contributed by atoms with E-state index in [1.807, 2.05) is 26.8 Å². The second kappa shape index (κ2) is 8.19. The lowest BCUT2D eigenvalue weighted by atomic mass is 10.0. The van der Waals surface area contributed by atoms with Crippen LogP contribution in [0, 0.1) is 34.6 Å². The summed E-state index contributed by atoms with van der Waals surface area (Å²) in [6.07, 6.45) is 0. The molecule has 0 spiro atoms. The molecule has 3 aromatic rings. The minimum absolute atomic E-state index is 0.108. The first-order chi connectivity index (χ1) is 12.8. The summed E-state index contributed by atoms with van der Waals surface area (Å²) in [5.74, 6) is 0.142. The summed E-state index contributed by atoms with van der Waals surface area (Å²) in [4.78, 5) is 26.7. The Balaban J connectivity index is 1.67. The van der Waals surface area contributed by atoms with Gasteiger partial charge < -0.3 is 5.32 Å². The molecule has 5 nitrogen and oxygen atoms in total. The Morgan fingerprint density at radius 3 is 2.37 bits per heavy atom. The molecule has 0 aliphatic rings. The number of amides is 1. The zero-order chi connectivity index (χ0) is 19.6. The SMILES string of the molecule is Cc1cc(C)nc(SCC(=O)Nc2nc(-c3ccc(C)c(C)c3)c(C)s2)n1. The van der Waals surface area contributed by atoms with Crippen molar-refractivity contribution in [3.63, 3.8) is 0 Å². The third kappa shape index (κ3) is 4.93. The third-order valence-electron chi connectivity index (χ3n) is 4.12. The average molecular weight is 399 g/mol. The van der Waals surface area contributed by atoms with Crippen LogP contribution >= 0.6 is 23.1 Å². The molecule has 140 valence electrons. The van der Waals surface area contributed by atoms with Crippen LogP contribution in [0.3, 0.4) is 0 Å². The number of nitrogens with one attached hydrogen (secondary N) is 1. The maximum Gasteiger partial charge on any atom is 0.236 e. The Hall–Kier alpha value is -2.25. The van der Waals surface area contributed by atoms with Gasteiger partial charge in [-0.25, -0.2) is 15.0 Å². The number of thiazole rings is 1. The molecule has 0 bridgehead atoms. The van der Waals surface area contributed by atoms with E-state index in [4.69, 9.17) is 0 Å². The molecular formula is C20H22N4OS2. The second-order valence-corrected chi connectivity index (χ2v) is 8.64. The number of aromatic nitrogens is 3. The van der Waals surface area contributed by atoms with Gasteiger partial charge in [-0.3, -0.25) is 4.79 Å². The van der Waals surface area contributed by atoms with Crippen molar-refractivity contribution in [1.82, 2.24) is 15.0 Å². The van der Waals surface area contributed by atoms with Gasteiger partial charge in [0.1, 0.15) is 0 Å². The Morgan fingerprint density at radius 2 is 1.70 bits per heavy atom. The second-order valence-electron chi connectivity index (χ2n) is 6.49. The van der Waals surface area contributed by atoms with Crippen molar-refractivity contribution < 1.29 is 4.79 Å². The van der Waals surface area contributed by atoms with E-state index in [9.17, 15) is 4.79 Å². The van der Waals surface area contributed by atoms with E-state index in [2.05, 4.69) is 52.3 Å². The number of rotatable bonds is 5. The van der Waals surface area contributed by atoms with Crippen molar-refractivity contribution in [2.75, 3.05) is 11.1 Å². The van der Waals surface area contributed by atoms with Gasteiger partial charge in [-0.05, 0) is 57.9 Å². The topological polar surface area (TPSA) is 67.8 Å². The summed E-state index contributed by atoms with van der Waals surface area (Å²) in [6, 6.07) is 8.22. The van der Waals surface area contributed by atoms with Crippen molar-refractivity contribution in [2.24, 2.45) is 0 Å². The molecule has 7 heteroatoms. The molecule has 27 heavy (non-hydrogen) atoms. The largest absolute Gasteiger partial charge is 0.301 e. The molecule has 2 aromatic heterocycles. The minimum Gasteiger partial charge on any atom is -0.301 e. The highest BCUT2D eigenvalue weighted by molar-refractivity contribution is 7.99. The van der Waals surface area contributed by atoms with Crippen LogP contribution in [0.2, 0.25) is 0 Å². The summed E-state index contributed by atoms with van der Waals surface area (Å²) in [6.45, 7) is 10.1. The van der Waals surface area contributed by atoms with Crippen LogP contribution < -0.4 is 5.32 Å². The molecule has 0 radical (unpaired) electrons. The molecule has 0 aliphatic heterocycles. The van der Waals surface area contributed by atoms with E-state index in [-0.39, 0.29) is 11.7 Å². The summed E-state index contributed by atoms with van der Waals surface area (Å²) < 4.78 is 0. The summed E-state index contributed by atoms with van der Waals surface area (Å²) in [5, 5.41) is 4.13. The lowest BCUT2D eigenvalue weighted by Gasteiger charge is -2.04. The van der Waals surface area contributed by atoms with Crippen LogP contribution in [-0.2, 0) is 4.79 Å². The molecule has 1 amide bonds. The van der Waals surface area contributed by atoms with Crippen LogP contribution in [0.1, 0.15) is 27.4 Å². The highest BCUT2D eigenvalue weighted by atomic mass is 32.2. The van der Waals surface area contributed by atoms with E-state index in [1.165, 1.54) is 34.2 Å². The van der Waals surface area contributed by atoms with Gasteiger partial charge in [0, 0.05) is 21.8 Å². The van der Waals surface area contributed by atoms with Gasteiger partial charge in [0.05, 0.1) is 11.4 Å². The predicted molar refractivity (Wildman–Crippen MR) is 113 cm³/mol. The number of hydrogen-bond acceptors (Lipinski definition) is 6. The van der Waals surface area contributed by atoms with E-state index in [1.54, 1.807) is 0 Å². The van der Waals surface area contributed by atoms with Gasteiger partial charge in [-0.2, -0.15) is 0 Å². The molecule has 2 heterocycles. The van der Waals surface area contributed by atoms with Crippen LogP contribution in [0.15, 0.2) is 29.4 Å². The Labute approximate surface area is 167 Å². The minimum atomic E-state index is -0.108. The number of benzene rings is 1. The first kappa shape index (κ1) is 19.5. The molecule has 1 N–H and O–H groups in total. The van der Waals surface area contributed by atoms with Gasteiger partial charge in [0.15, 0.2) is 10.3 Å². The number of thioether (sulfide) groups is 1. The fraction of sp³-hybridized carbons (Fsp3) is 0.300. The molecule has 0 fully saturated rings. The van der Waals surface area contributed by atoms with Crippen LogP contribution in [0.5, 0.6) is 0 Å². The fourth-order valence-corrected chi connectivity index (χ4v) is 4.25. The molecule has 0 saturated heterocycles. The first-order valence-electron chi connectivity index (χ1n) is 8.62. The van der Waals surface area contributed by atoms with Crippen LogP contribution in [0.4, 0.5) is 5.13 Å². The summed E-state index contributed by atoms with van der Waals surface area (Å²) in [7, 11) is 0. The van der Waals surface area contributed by atoms with E-state index >= 15 is 0 Å². The number of carbonyl (C=O) groups excluding carboxylic acids is 1. The molecule has 3 rings (SSSR count). The molecule has 0 aliphatic carbocycles. The smallest absolute Gasteiger partial charge is 0.236 e. The molecule has 1 aromatic carbocycles. The van der Waals surface area contributed by atoms with Gasteiger partial charge in [-0.1, -0.05) is 23.9 Å². The number of hydrogen-bond donors (Lipinski definition) is 1. The van der Waals surface area contributed by atoms with Crippen molar-refractivity contribution in [1.29, 1.82) is 0 Å². The number of anilines is 1. The van der Waals surface area contributed by atoms with Crippen LogP contribution in [-0.4, -0.2) is 26.6 Å². The zero-order valence-corrected chi connectivity index (χ0v) is 17.7. The fourth-order valence-electron chi connectivity index (χ4n) is 2.65. The average Bonchev–Trinajstić information content (AvgIpc) is 2.95. The van der Waals surface area contributed by atoms with Crippen LogP contribution in [0.25, 0.3) is 11.3 Å². The number of nitrogens with zero attached hydrogens (tertiary/aromatic N) is 3. The quantitative estimate of drug-likeness (QED) is 0.490. The van der Waals surface area contributed by atoms with Crippen molar-refractivity contribution >= 4 is 34.1 Å². The summed E-state index contributed by atoms with van der Waals surface area (Å²) in [5.41, 5.74) is 6.29. The monoisotopic (exact) mass is 398 g/mol. The third-order valence-corrected chi connectivity index (χ3v) is 5.85. The van der Waals surface area contributed by atoms with Crippen molar-refractivity contribution in [3.05, 3.63) is 51.7 Å². The van der Waals surface area contributed by atoms with Gasteiger partial charge in [0.25, 0.3) is 0 Å². The van der Waals surface area contributed by atoms with Gasteiger partial charge in [-0.15, -0.1) is 11.3 Å². The Bertz CT molecular complexity index is 977. The van der Waals surface area contributed by atoms with E-state index in [0.29, 0.717) is 10.3 Å². The molecular weight excluding hydrogens is 376 g/mol. The normalized spacial score (nSPS) is 10.9. The van der Waals surface area contributed by atoms with Gasteiger partial charge in [0.2, 0.25) is 5.91 Å². The standard InChI is InChI=1S/C20H22N4OS2/c1-11-6-7-16(8-12(11)2)18-15(5)27-20(24-18)23-17(25)10-26-19-21-13(3)9-14(4)22-19/h6-9H,10H2,1-5H3,(H,23,24,25). The lowest BCUT2D eigenvalue weighted by Crippen LogP contribution is -2.14. The summed E-state index contributed by atoms with van der Waals surface area (Å²) >= 11 is 2.82. The van der Waals surface area contributed by atoms with Crippen molar-refractivity contribution in [3.8, 4) is 11.3 Å². The Morgan fingerprint density at radius 1 is 1.00 bits per heavy atom. The maximum atomic E-state index is 12.3. The maximum absolute atomic E-state index is 12.3. The highest BCUT2D eigenvalue weighted by Crippen LogP contribution is 2.31. The predicted octanol–water partition coefficient (Wildman–Crippen LogP) is 4.87. The van der Waals surface area contributed by atoms with E-state index in [0.717, 1.165) is 27.5 Å².